The Morgan fingerprint density at radius 1 is 1.21 bits per heavy atom. The first-order chi connectivity index (χ1) is 13.4. The molecule has 7 nitrogen and oxygen atoms in total. The van der Waals surface area contributed by atoms with E-state index < -0.39 is 0 Å². The summed E-state index contributed by atoms with van der Waals surface area (Å²) in [5.74, 6) is -0.572. The van der Waals surface area contributed by atoms with Gasteiger partial charge in [0.25, 0.3) is 5.91 Å². The number of aromatic nitrogens is 3. The van der Waals surface area contributed by atoms with Gasteiger partial charge in [0, 0.05) is 46.0 Å². The van der Waals surface area contributed by atoms with Crippen molar-refractivity contribution in [2.45, 2.75) is 13.0 Å². The Morgan fingerprint density at radius 3 is 2.68 bits per heavy atom. The van der Waals surface area contributed by atoms with Gasteiger partial charge in [0.1, 0.15) is 17.0 Å². The highest BCUT2D eigenvalue weighted by Gasteiger charge is 2.31. The quantitative estimate of drug-likeness (QED) is 0.677. The fourth-order valence-corrected chi connectivity index (χ4v) is 3.96. The van der Waals surface area contributed by atoms with Crippen LogP contribution in [0.3, 0.4) is 0 Å². The minimum atomic E-state index is -0.310. The fraction of sp³-hybridized carbons (Fsp3) is 0.350. The summed E-state index contributed by atoms with van der Waals surface area (Å²) < 4.78 is 17.5. The number of anilines is 1. The molecule has 0 bridgehead atoms. The molecule has 1 aliphatic heterocycles. The highest BCUT2D eigenvalue weighted by Crippen LogP contribution is 2.23. The first kappa shape index (κ1) is 18.2. The number of para-hydroxylation sites is 1. The van der Waals surface area contributed by atoms with Crippen LogP contribution >= 0.6 is 0 Å². The summed E-state index contributed by atoms with van der Waals surface area (Å²) in [6, 6.07) is 6.48. The Morgan fingerprint density at radius 2 is 1.96 bits per heavy atom. The van der Waals surface area contributed by atoms with Crippen molar-refractivity contribution < 1.29 is 9.18 Å². The molecule has 8 heteroatoms. The van der Waals surface area contributed by atoms with Crippen LogP contribution < -0.4 is 10.3 Å². The molecular weight excluding hydrogens is 361 g/mol. The summed E-state index contributed by atoms with van der Waals surface area (Å²) in [6.07, 6.45) is 3.07. The predicted molar refractivity (Wildman–Crippen MR) is 105 cm³/mol. The first-order valence-electron chi connectivity index (χ1n) is 9.20. The molecule has 0 aliphatic carbocycles. The molecule has 1 saturated heterocycles. The van der Waals surface area contributed by atoms with Gasteiger partial charge in [-0.1, -0.05) is 12.1 Å². The van der Waals surface area contributed by atoms with E-state index in [9.17, 15) is 14.0 Å². The van der Waals surface area contributed by atoms with Crippen LogP contribution in [0.25, 0.3) is 11.0 Å². The molecule has 1 atom stereocenters. The van der Waals surface area contributed by atoms with Crippen LogP contribution in [0.2, 0.25) is 0 Å². The third kappa shape index (κ3) is 2.85. The number of fused-ring (bicyclic) bond motifs is 1. The smallest absolute Gasteiger partial charge is 0.259 e. The third-order valence-corrected chi connectivity index (χ3v) is 5.37. The monoisotopic (exact) mass is 383 g/mol. The van der Waals surface area contributed by atoms with E-state index in [1.807, 2.05) is 11.8 Å². The summed E-state index contributed by atoms with van der Waals surface area (Å²) in [6.45, 7) is 3.34. The van der Waals surface area contributed by atoms with Crippen LogP contribution in [0, 0.1) is 5.82 Å². The maximum Gasteiger partial charge on any atom is 0.259 e. The van der Waals surface area contributed by atoms with E-state index in [0.29, 0.717) is 36.4 Å². The van der Waals surface area contributed by atoms with Gasteiger partial charge in [-0.15, -0.1) is 0 Å². The van der Waals surface area contributed by atoms with E-state index >= 15 is 0 Å². The molecule has 1 fully saturated rings. The predicted octanol–water partition coefficient (Wildman–Crippen LogP) is 1.76. The van der Waals surface area contributed by atoms with E-state index in [0.717, 1.165) is 0 Å². The molecule has 1 aliphatic rings. The van der Waals surface area contributed by atoms with E-state index in [1.165, 1.54) is 12.3 Å². The molecule has 0 radical (unpaired) electrons. The van der Waals surface area contributed by atoms with Gasteiger partial charge in [-0.25, -0.2) is 4.39 Å². The van der Waals surface area contributed by atoms with Gasteiger partial charge in [-0.05, 0) is 19.1 Å². The molecule has 1 unspecified atom stereocenters. The number of piperazine rings is 1. The lowest BCUT2D eigenvalue weighted by atomic mass is 10.1. The van der Waals surface area contributed by atoms with E-state index in [2.05, 4.69) is 5.10 Å². The number of carbonyl (C=O) groups excluding carboxylic acids is 1. The zero-order valence-corrected chi connectivity index (χ0v) is 16.1. The summed E-state index contributed by atoms with van der Waals surface area (Å²) >= 11 is 0. The highest BCUT2D eigenvalue weighted by atomic mass is 19.1. The highest BCUT2D eigenvalue weighted by molar-refractivity contribution is 5.97. The third-order valence-electron chi connectivity index (χ3n) is 5.37. The van der Waals surface area contributed by atoms with Gasteiger partial charge >= 0.3 is 0 Å². The van der Waals surface area contributed by atoms with Gasteiger partial charge < -0.3 is 14.4 Å². The average Bonchev–Trinajstić information content (AvgIpc) is 3.07. The van der Waals surface area contributed by atoms with E-state index in [4.69, 9.17) is 0 Å². The fourth-order valence-electron chi connectivity index (χ4n) is 3.96. The van der Waals surface area contributed by atoms with Crippen molar-refractivity contribution in [3.8, 4) is 0 Å². The average molecular weight is 383 g/mol. The van der Waals surface area contributed by atoms with Crippen molar-refractivity contribution in [3.63, 3.8) is 0 Å². The SMILES string of the molecule is CC1CN(c2ccccc2F)CCN1C(=O)c1cn(C)c2c(cnn2C)c1=O. The molecule has 1 amide bonds. The molecule has 0 spiro atoms. The summed E-state index contributed by atoms with van der Waals surface area (Å²) in [7, 11) is 3.55. The van der Waals surface area contributed by atoms with Crippen LogP contribution in [-0.2, 0) is 14.1 Å². The maximum atomic E-state index is 14.1. The molecule has 3 heterocycles. The standard InChI is InChI=1S/C20H22FN5O2/c1-13-11-25(17-7-5-4-6-16(17)21)8-9-26(13)20(28)15-12-23(2)19-14(18(15)27)10-22-24(19)3/h4-7,10,12-13H,8-9,11H2,1-3H3. The number of hydrogen-bond donors (Lipinski definition) is 0. The second-order valence-electron chi connectivity index (χ2n) is 7.23. The Balaban J connectivity index is 1.62. The van der Waals surface area contributed by atoms with Crippen molar-refractivity contribution >= 4 is 22.6 Å². The van der Waals surface area contributed by atoms with Crippen molar-refractivity contribution in [2.24, 2.45) is 14.1 Å². The van der Waals surface area contributed by atoms with Crippen molar-refractivity contribution in [1.82, 2.24) is 19.2 Å². The summed E-state index contributed by atoms with van der Waals surface area (Å²) in [5, 5.41) is 4.55. The van der Waals surface area contributed by atoms with Gasteiger partial charge in [0.05, 0.1) is 17.3 Å². The number of hydrogen-bond acceptors (Lipinski definition) is 4. The number of halogens is 1. The van der Waals surface area contributed by atoms with Crippen LogP contribution in [0.15, 0.2) is 41.5 Å². The largest absolute Gasteiger partial charge is 0.365 e. The number of rotatable bonds is 2. The topological polar surface area (TPSA) is 63.4 Å². The van der Waals surface area contributed by atoms with Gasteiger partial charge in [0.15, 0.2) is 0 Å². The Bertz CT molecular complexity index is 1120. The minimum Gasteiger partial charge on any atom is -0.365 e. The van der Waals surface area contributed by atoms with Gasteiger partial charge in [-0.3, -0.25) is 14.3 Å². The number of carbonyl (C=O) groups is 1. The Hall–Kier alpha value is -3.16. The van der Waals surface area contributed by atoms with Crippen LogP contribution in [0.5, 0.6) is 0 Å². The van der Waals surface area contributed by atoms with Gasteiger partial charge in [0.2, 0.25) is 5.43 Å². The van der Waals surface area contributed by atoms with Crippen LogP contribution in [-0.4, -0.2) is 50.8 Å². The van der Waals surface area contributed by atoms with Crippen molar-refractivity contribution in [3.05, 3.63) is 58.3 Å². The molecule has 0 N–H and O–H groups in total. The molecule has 0 saturated carbocycles. The van der Waals surface area contributed by atoms with Gasteiger partial charge in [-0.2, -0.15) is 5.10 Å². The second-order valence-corrected chi connectivity index (χ2v) is 7.23. The number of aryl methyl sites for hydroxylation is 2. The maximum absolute atomic E-state index is 14.1. The van der Waals surface area contributed by atoms with Crippen molar-refractivity contribution in [1.29, 1.82) is 0 Å². The Labute approximate surface area is 161 Å². The molecule has 4 rings (SSSR count). The molecule has 2 aromatic heterocycles. The number of benzene rings is 1. The molecule has 146 valence electrons. The second kappa shape index (κ2) is 6.78. The lowest BCUT2D eigenvalue weighted by molar-refractivity contribution is 0.0672. The summed E-state index contributed by atoms with van der Waals surface area (Å²) in [5.41, 5.74) is 1.03. The van der Waals surface area contributed by atoms with Crippen molar-refractivity contribution in [2.75, 3.05) is 24.5 Å². The molecular formula is C20H22FN5O2. The summed E-state index contributed by atoms with van der Waals surface area (Å²) in [4.78, 5) is 29.6. The normalized spacial score (nSPS) is 17.4. The number of pyridine rings is 1. The Kier molecular flexibility index (Phi) is 4.41. The lowest BCUT2D eigenvalue weighted by Gasteiger charge is -2.41. The zero-order valence-electron chi connectivity index (χ0n) is 16.1. The molecule has 28 heavy (non-hydrogen) atoms. The van der Waals surface area contributed by atoms with E-state index in [-0.39, 0.29) is 28.8 Å². The minimum absolute atomic E-state index is 0.134. The first-order valence-corrected chi connectivity index (χ1v) is 9.20. The van der Waals surface area contributed by atoms with Crippen LogP contribution in [0.4, 0.5) is 10.1 Å². The number of amides is 1. The molecule has 1 aromatic carbocycles. The van der Waals surface area contributed by atoms with E-state index in [1.54, 1.807) is 52.6 Å². The zero-order chi connectivity index (χ0) is 20.0. The van der Waals surface area contributed by atoms with Crippen LogP contribution in [0.1, 0.15) is 17.3 Å². The number of nitrogens with zero attached hydrogens (tertiary/aromatic N) is 5. The lowest BCUT2D eigenvalue weighted by Crippen LogP contribution is -2.55. The molecule has 3 aromatic rings.